The fourth-order valence-corrected chi connectivity index (χ4v) is 9.45. The summed E-state index contributed by atoms with van der Waals surface area (Å²) in [6.45, 7) is 2.67. The zero-order valence-corrected chi connectivity index (χ0v) is 51.3. The molecule has 12 unspecified atom stereocenters. The van der Waals surface area contributed by atoms with Gasteiger partial charge in [0.15, 0.2) is 12.6 Å². The van der Waals surface area contributed by atoms with E-state index in [2.05, 4.69) is 165 Å². The predicted octanol–water partition coefficient (Wildman–Crippen LogP) is 12.1. The highest BCUT2D eigenvalue weighted by molar-refractivity contribution is 5.76. The number of carbonyl (C=O) groups is 1. The Morgan fingerprint density at radius 3 is 1.24 bits per heavy atom. The van der Waals surface area contributed by atoms with E-state index in [1.807, 2.05) is 0 Å². The van der Waals surface area contributed by atoms with Gasteiger partial charge in [-0.2, -0.15) is 0 Å². The number of rotatable bonds is 49. The number of unbranched alkanes of at least 4 members (excludes halogenated alkanes) is 12. The molecule has 0 aromatic rings. The minimum absolute atomic E-state index is 0.239. The Balaban J connectivity index is 1.66. The molecule has 0 spiro atoms. The third kappa shape index (κ3) is 37.4. The molecule has 14 nitrogen and oxygen atoms in total. The van der Waals surface area contributed by atoms with Crippen molar-refractivity contribution in [2.75, 3.05) is 19.8 Å². The van der Waals surface area contributed by atoms with Gasteiger partial charge in [0.25, 0.3) is 0 Å². The lowest BCUT2D eigenvalue weighted by Crippen LogP contribution is -2.65. The van der Waals surface area contributed by atoms with E-state index in [0.29, 0.717) is 12.8 Å². The fraction of sp³-hybridized carbons (Fsp3) is 0.643. The molecule has 0 aromatic heterocycles. The maximum atomic E-state index is 13.2. The monoisotopic (exact) mass is 1180 g/mol. The van der Waals surface area contributed by atoms with Gasteiger partial charge in [0.2, 0.25) is 5.91 Å². The van der Waals surface area contributed by atoms with Crippen molar-refractivity contribution in [3.8, 4) is 0 Å². The molecule has 0 aliphatic carbocycles. The van der Waals surface area contributed by atoms with E-state index in [9.17, 15) is 45.6 Å². The minimum Gasteiger partial charge on any atom is -0.394 e. The smallest absolute Gasteiger partial charge is 0.220 e. The predicted molar refractivity (Wildman–Crippen MR) is 341 cm³/mol. The fourth-order valence-electron chi connectivity index (χ4n) is 9.45. The molecule has 2 saturated heterocycles. The number of carbonyl (C=O) groups excluding carboxylic acids is 1. The Morgan fingerprint density at radius 1 is 0.440 bits per heavy atom. The Labute approximate surface area is 506 Å². The number of amides is 1. The SMILES string of the molecule is CC/C=C\C/C=C\C/C=C\C/C=C\C/C=C\C/C=C\C/C=C\C/C=C\C/C=C\C/C=C\C/C=C\C/C=C\CCCCC(=O)NC(COC1OC(CO)C(OC2OC(CO)C(O)C(O)C2O)C(O)C1O)C(O)CCCCCCCCCCCCC. The first-order valence-electron chi connectivity index (χ1n) is 32.1. The maximum absolute atomic E-state index is 13.2. The van der Waals surface area contributed by atoms with Crippen LogP contribution in [0.2, 0.25) is 0 Å². The number of ether oxygens (including phenoxy) is 4. The molecule has 0 bridgehead atoms. The summed E-state index contributed by atoms with van der Waals surface area (Å²) >= 11 is 0. The van der Waals surface area contributed by atoms with Gasteiger partial charge in [-0.25, -0.2) is 0 Å². The molecule has 12 atom stereocenters. The molecule has 2 heterocycles. The summed E-state index contributed by atoms with van der Waals surface area (Å²) in [5, 5.41) is 87.1. The molecule has 9 N–H and O–H groups in total. The highest BCUT2D eigenvalue weighted by atomic mass is 16.7. The number of hydrogen-bond donors (Lipinski definition) is 9. The van der Waals surface area contributed by atoms with Crippen LogP contribution in [-0.2, 0) is 23.7 Å². The van der Waals surface area contributed by atoms with Crippen LogP contribution in [0.15, 0.2) is 146 Å². The zero-order valence-electron chi connectivity index (χ0n) is 51.3. The average Bonchev–Trinajstić information content (AvgIpc) is 3.59. The number of aliphatic hydroxyl groups is 8. The van der Waals surface area contributed by atoms with E-state index in [1.165, 1.54) is 44.9 Å². The second kappa shape index (κ2) is 53.1. The van der Waals surface area contributed by atoms with E-state index in [-0.39, 0.29) is 18.9 Å². The molecule has 14 heteroatoms. The Morgan fingerprint density at radius 2 is 0.821 bits per heavy atom. The standard InChI is InChI=1S/C70H113NO13/c1-3-5-7-9-11-13-15-16-17-18-19-20-21-22-23-24-25-26-27-28-29-30-31-32-33-34-35-36-37-38-39-40-41-42-44-46-48-50-52-54-62(75)71-58(59(74)53-51-49-47-45-43-14-12-10-8-6-4-2)57-81-69-67(80)65(78)68(61(56-73)83-69)84-70-66(79)64(77)63(76)60(55-72)82-70/h5,7,11,13,16-17,19-20,22-23,25-26,28-29,31-32,34-35,37-38,40-41,44,46,58-61,63-70,72-74,76-80H,3-4,6,8-10,12,14-15,18,21,24,27,30,33,36,39,42-43,45,47-57H2,1-2H3,(H,71,75)/b7-5-,13-11-,17-16-,20-19-,23-22-,26-25-,29-28-,32-31-,35-34-,38-37-,41-40-,46-44-. The van der Waals surface area contributed by atoms with Crippen LogP contribution in [0, 0.1) is 0 Å². The van der Waals surface area contributed by atoms with Gasteiger partial charge >= 0.3 is 0 Å². The molecule has 2 fully saturated rings. The van der Waals surface area contributed by atoms with Crippen LogP contribution < -0.4 is 5.32 Å². The van der Waals surface area contributed by atoms with Crippen LogP contribution in [0.25, 0.3) is 0 Å². The van der Waals surface area contributed by atoms with Crippen LogP contribution >= 0.6 is 0 Å². The van der Waals surface area contributed by atoms with Crippen LogP contribution in [0.3, 0.4) is 0 Å². The van der Waals surface area contributed by atoms with Crippen molar-refractivity contribution in [1.82, 2.24) is 5.32 Å². The van der Waals surface area contributed by atoms with Crippen LogP contribution in [0.1, 0.15) is 194 Å². The summed E-state index contributed by atoms with van der Waals surface area (Å²) < 4.78 is 22.8. The summed E-state index contributed by atoms with van der Waals surface area (Å²) in [7, 11) is 0. The second-order valence-corrected chi connectivity index (χ2v) is 21.8. The van der Waals surface area contributed by atoms with Gasteiger partial charge in [-0.05, 0) is 103 Å². The van der Waals surface area contributed by atoms with Crippen molar-refractivity contribution < 1.29 is 64.6 Å². The number of allylic oxidation sites excluding steroid dienone is 24. The van der Waals surface area contributed by atoms with Gasteiger partial charge in [0.05, 0.1) is 32.0 Å². The topological polar surface area (TPSA) is 228 Å². The summed E-state index contributed by atoms with van der Waals surface area (Å²) in [5.74, 6) is -0.257. The lowest BCUT2D eigenvalue weighted by atomic mass is 9.97. The Bertz CT molecular complexity index is 1970. The Kier molecular flexibility index (Phi) is 48.1. The van der Waals surface area contributed by atoms with Crippen LogP contribution in [-0.4, -0.2) is 140 Å². The number of aliphatic hydroxyl groups excluding tert-OH is 8. The summed E-state index contributed by atoms with van der Waals surface area (Å²) in [6, 6.07) is -0.862. The largest absolute Gasteiger partial charge is 0.394 e. The van der Waals surface area contributed by atoms with Gasteiger partial charge in [-0.15, -0.1) is 0 Å². The second-order valence-electron chi connectivity index (χ2n) is 21.8. The first-order valence-corrected chi connectivity index (χ1v) is 32.1. The number of nitrogens with one attached hydrogen (secondary N) is 1. The maximum Gasteiger partial charge on any atom is 0.220 e. The van der Waals surface area contributed by atoms with Crippen LogP contribution in [0.4, 0.5) is 0 Å². The molecule has 84 heavy (non-hydrogen) atoms. The normalized spacial score (nSPS) is 24.7. The Hall–Kier alpha value is -4.13. The molecule has 0 radical (unpaired) electrons. The van der Waals surface area contributed by atoms with Gasteiger partial charge < -0.3 is 65.1 Å². The quantitative estimate of drug-likeness (QED) is 0.0204. The van der Waals surface area contributed by atoms with Crippen molar-refractivity contribution in [3.05, 3.63) is 146 Å². The third-order valence-corrected chi connectivity index (χ3v) is 14.6. The molecular formula is C70H113NO13. The molecular weight excluding hydrogens is 1060 g/mol. The highest BCUT2D eigenvalue weighted by Gasteiger charge is 2.51. The molecule has 0 aromatic carbocycles. The summed E-state index contributed by atoms with van der Waals surface area (Å²) in [5.41, 5.74) is 0. The van der Waals surface area contributed by atoms with Crippen LogP contribution in [0.5, 0.6) is 0 Å². The first kappa shape index (κ1) is 76.0. The minimum atomic E-state index is -1.79. The van der Waals surface area contributed by atoms with Gasteiger partial charge in [0.1, 0.15) is 48.8 Å². The van der Waals surface area contributed by atoms with E-state index in [4.69, 9.17) is 18.9 Å². The van der Waals surface area contributed by atoms with E-state index in [1.54, 1.807) is 0 Å². The molecule has 2 aliphatic heterocycles. The lowest BCUT2D eigenvalue weighted by molar-refractivity contribution is -0.359. The van der Waals surface area contributed by atoms with E-state index >= 15 is 0 Å². The lowest BCUT2D eigenvalue weighted by Gasteiger charge is -2.46. The number of hydrogen-bond acceptors (Lipinski definition) is 13. The summed E-state index contributed by atoms with van der Waals surface area (Å²) in [4.78, 5) is 13.2. The molecule has 2 rings (SSSR count). The third-order valence-electron chi connectivity index (χ3n) is 14.6. The molecule has 0 saturated carbocycles. The molecule has 476 valence electrons. The van der Waals surface area contributed by atoms with E-state index < -0.39 is 86.8 Å². The highest BCUT2D eigenvalue weighted by Crippen LogP contribution is 2.30. The van der Waals surface area contributed by atoms with Gasteiger partial charge in [-0.1, -0.05) is 230 Å². The molecule has 2 aliphatic rings. The van der Waals surface area contributed by atoms with Crippen molar-refractivity contribution in [3.63, 3.8) is 0 Å². The zero-order chi connectivity index (χ0) is 60.9. The van der Waals surface area contributed by atoms with Crippen molar-refractivity contribution in [2.45, 2.75) is 267 Å². The average molecular weight is 1180 g/mol. The van der Waals surface area contributed by atoms with Crippen molar-refractivity contribution in [2.24, 2.45) is 0 Å². The van der Waals surface area contributed by atoms with Crippen molar-refractivity contribution in [1.29, 1.82) is 0 Å². The van der Waals surface area contributed by atoms with Gasteiger partial charge in [0, 0.05) is 6.42 Å². The van der Waals surface area contributed by atoms with Gasteiger partial charge in [-0.3, -0.25) is 4.79 Å². The van der Waals surface area contributed by atoms with Crippen molar-refractivity contribution >= 4 is 5.91 Å². The first-order chi connectivity index (χ1) is 41.1. The molecule has 1 amide bonds. The van der Waals surface area contributed by atoms with E-state index in [0.717, 1.165) is 116 Å². The summed E-state index contributed by atoms with van der Waals surface area (Å²) in [6.07, 6.45) is 63.0.